The molecule has 5 heteroatoms. The van der Waals surface area contributed by atoms with E-state index in [4.69, 9.17) is 14.5 Å². The minimum Gasteiger partial charge on any atom is -0.497 e. The van der Waals surface area contributed by atoms with Crippen LogP contribution in [0.2, 0.25) is 0 Å². The Labute approximate surface area is 142 Å². The third kappa shape index (κ3) is 2.82. The topological polar surface area (TPSA) is 54.8 Å². The lowest BCUT2D eigenvalue weighted by Crippen LogP contribution is -2.46. The number of fused-ring (bicyclic) bond motifs is 1. The van der Waals surface area contributed by atoms with E-state index in [1.165, 1.54) is 0 Å². The highest BCUT2D eigenvalue weighted by Gasteiger charge is 2.38. The van der Waals surface area contributed by atoms with Gasteiger partial charge in [-0.05, 0) is 49.6 Å². The molecule has 2 aromatic rings. The zero-order valence-corrected chi connectivity index (χ0v) is 14.0. The van der Waals surface area contributed by atoms with Gasteiger partial charge in [-0.1, -0.05) is 0 Å². The van der Waals surface area contributed by atoms with Crippen LogP contribution in [0.1, 0.15) is 19.3 Å². The first-order chi connectivity index (χ1) is 11.8. The van der Waals surface area contributed by atoms with Gasteiger partial charge in [0, 0.05) is 30.5 Å². The third-order valence-electron chi connectivity index (χ3n) is 5.33. The van der Waals surface area contributed by atoms with Crippen LogP contribution >= 0.6 is 0 Å². The number of aliphatic hydroxyl groups is 1. The zero-order valence-electron chi connectivity index (χ0n) is 14.0. The van der Waals surface area contributed by atoms with E-state index >= 15 is 0 Å². The van der Waals surface area contributed by atoms with Gasteiger partial charge in [-0.2, -0.15) is 0 Å². The molecule has 0 spiro atoms. The second kappa shape index (κ2) is 6.57. The van der Waals surface area contributed by atoms with Crippen molar-refractivity contribution in [3.8, 4) is 5.75 Å². The number of aromatic nitrogens is 1. The largest absolute Gasteiger partial charge is 0.497 e. The lowest BCUT2D eigenvalue weighted by molar-refractivity contribution is -0.0438. The van der Waals surface area contributed by atoms with Crippen LogP contribution in [0.25, 0.3) is 10.9 Å². The summed E-state index contributed by atoms with van der Waals surface area (Å²) < 4.78 is 10.9. The Bertz CT molecular complexity index is 721. The minimum atomic E-state index is -0.269. The summed E-state index contributed by atoms with van der Waals surface area (Å²) in [6.45, 7) is 2.30. The predicted molar refractivity (Wildman–Crippen MR) is 93.6 cm³/mol. The van der Waals surface area contributed by atoms with Gasteiger partial charge >= 0.3 is 0 Å². The van der Waals surface area contributed by atoms with Gasteiger partial charge < -0.3 is 19.5 Å². The predicted octanol–water partition coefficient (Wildman–Crippen LogP) is 2.61. The lowest BCUT2D eigenvalue weighted by atomic mass is 9.89. The summed E-state index contributed by atoms with van der Waals surface area (Å²) in [6.07, 6.45) is 2.69. The Morgan fingerprint density at radius 2 is 2.17 bits per heavy atom. The summed E-state index contributed by atoms with van der Waals surface area (Å²) in [6, 6.07) is 10.4. The molecule has 0 saturated carbocycles. The molecule has 0 bridgehead atoms. The second-order valence-corrected chi connectivity index (χ2v) is 6.73. The highest BCUT2D eigenvalue weighted by atomic mass is 16.5. The Hall–Kier alpha value is -1.85. The fourth-order valence-electron chi connectivity index (χ4n) is 4.02. The molecular formula is C19H24N2O3. The summed E-state index contributed by atoms with van der Waals surface area (Å²) in [5, 5.41) is 11.5. The van der Waals surface area contributed by atoms with Crippen LogP contribution in [0.3, 0.4) is 0 Å². The van der Waals surface area contributed by atoms with E-state index < -0.39 is 0 Å². The first-order valence-electron chi connectivity index (χ1n) is 8.73. The molecule has 2 saturated heterocycles. The number of benzene rings is 1. The van der Waals surface area contributed by atoms with Crippen LogP contribution < -0.4 is 9.64 Å². The summed E-state index contributed by atoms with van der Waals surface area (Å²) in [4.78, 5) is 7.20. The SMILES string of the molecule is COc1ccc2nc(N3CCC[C@@H]3[C@H]3COCC[C@@H]3O)ccc2c1. The number of methoxy groups -OCH3 is 1. The fraction of sp³-hybridized carbons (Fsp3) is 0.526. The van der Waals surface area contributed by atoms with Crippen molar-refractivity contribution in [3.63, 3.8) is 0 Å². The smallest absolute Gasteiger partial charge is 0.129 e. The van der Waals surface area contributed by atoms with Crippen LogP contribution in [-0.4, -0.2) is 49.1 Å². The maximum absolute atomic E-state index is 10.4. The molecule has 2 aliphatic rings. The molecule has 1 aromatic carbocycles. The number of hydrogen-bond acceptors (Lipinski definition) is 5. The molecule has 0 unspecified atom stereocenters. The number of hydrogen-bond donors (Lipinski definition) is 1. The van der Waals surface area contributed by atoms with Gasteiger partial charge in [-0.25, -0.2) is 4.98 Å². The van der Waals surface area contributed by atoms with E-state index in [2.05, 4.69) is 17.0 Å². The summed E-state index contributed by atoms with van der Waals surface area (Å²) in [7, 11) is 1.68. The summed E-state index contributed by atoms with van der Waals surface area (Å²) >= 11 is 0. The molecule has 3 heterocycles. The van der Waals surface area contributed by atoms with Gasteiger partial charge in [0.25, 0.3) is 0 Å². The zero-order chi connectivity index (χ0) is 16.5. The second-order valence-electron chi connectivity index (χ2n) is 6.73. The molecule has 4 rings (SSSR count). The van der Waals surface area contributed by atoms with Gasteiger partial charge in [0.05, 0.1) is 25.3 Å². The van der Waals surface area contributed by atoms with Gasteiger partial charge in [-0.15, -0.1) is 0 Å². The number of aliphatic hydroxyl groups excluding tert-OH is 1. The molecule has 3 atom stereocenters. The highest BCUT2D eigenvalue weighted by molar-refractivity contribution is 5.82. The van der Waals surface area contributed by atoms with E-state index in [-0.39, 0.29) is 12.0 Å². The highest BCUT2D eigenvalue weighted by Crippen LogP contribution is 2.33. The number of anilines is 1. The number of rotatable bonds is 3. The number of ether oxygens (including phenoxy) is 2. The molecule has 24 heavy (non-hydrogen) atoms. The van der Waals surface area contributed by atoms with Crippen LogP contribution in [0.4, 0.5) is 5.82 Å². The molecule has 0 aliphatic carbocycles. The fourth-order valence-corrected chi connectivity index (χ4v) is 4.02. The first-order valence-corrected chi connectivity index (χ1v) is 8.73. The quantitative estimate of drug-likeness (QED) is 0.939. The van der Waals surface area contributed by atoms with Crippen molar-refractivity contribution in [2.45, 2.75) is 31.4 Å². The van der Waals surface area contributed by atoms with Gasteiger partial charge in [-0.3, -0.25) is 0 Å². The van der Waals surface area contributed by atoms with Gasteiger partial charge in [0.1, 0.15) is 11.6 Å². The maximum atomic E-state index is 10.4. The number of pyridine rings is 1. The van der Waals surface area contributed by atoms with E-state index in [0.717, 1.165) is 48.3 Å². The van der Waals surface area contributed by atoms with Crippen molar-refractivity contribution in [2.75, 3.05) is 31.8 Å². The van der Waals surface area contributed by atoms with E-state index in [1.54, 1.807) is 7.11 Å². The van der Waals surface area contributed by atoms with Crippen LogP contribution in [0, 0.1) is 5.92 Å². The van der Waals surface area contributed by atoms with Crippen molar-refractivity contribution < 1.29 is 14.6 Å². The average Bonchev–Trinajstić information content (AvgIpc) is 3.10. The van der Waals surface area contributed by atoms with Crippen LogP contribution in [0.15, 0.2) is 30.3 Å². The molecule has 2 fully saturated rings. The average molecular weight is 328 g/mol. The molecular weight excluding hydrogens is 304 g/mol. The molecule has 0 radical (unpaired) electrons. The Balaban J connectivity index is 1.63. The first kappa shape index (κ1) is 15.7. The van der Waals surface area contributed by atoms with Crippen molar-refractivity contribution in [3.05, 3.63) is 30.3 Å². The molecule has 128 valence electrons. The van der Waals surface area contributed by atoms with Crippen molar-refractivity contribution in [2.24, 2.45) is 5.92 Å². The van der Waals surface area contributed by atoms with Crippen LogP contribution in [0.5, 0.6) is 5.75 Å². The molecule has 1 N–H and O–H groups in total. The van der Waals surface area contributed by atoms with E-state index in [1.807, 2.05) is 18.2 Å². The standard InChI is InChI=1S/C19H24N2O3/c1-23-14-5-6-16-13(11-14)4-7-19(20-16)21-9-2-3-17(21)15-12-24-10-8-18(15)22/h4-7,11,15,17-18,22H,2-3,8-10,12H2,1H3/t15-,17-,18+/m1/s1. The Kier molecular flexibility index (Phi) is 4.29. The van der Waals surface area contributed by atoms with Crippen LogP contribution in [-0.2, 0) is 4.74 Å². The van der Waals surface area contributed by atoms with Gasteiger partial charge in [0.15, 0.2) is 0 Å². The summed E-state index contributed by atoms with van der Waals surface area (Å²) in [5.41, 5.74) is 0.972. The van der Waals surface area contributed by atoms with E-state index in [9.17, 15) is 5.11 Å². The Morgan fingerprint density at radius 1 is 1.25 bits per heavy atom. The third-order valence-corrected chi connectivity index (χ3v) is 5.33. The normalized spacial score (nSPS) is 27.6. The van der Waals surface area contributed by atoms with Crippen molar-refractivity contribution in [1.29, 1.82) is 0 Å². The summed E-state index contributed by atoms with van der Waals surface area (Å²) in [5.74, 6) is 2.01. The van der Waals surface area contributed by atoms with Crippen molar-refractivity contribution >= 4 is 16.7 Å². The molecule has 2 aliphatic heterocycles. The van der Waals surface area contributed by atoms with Gasteiger partial charge in [0.2, 0.25) is 0 Å². The Morgan fingerprint density at radius 3 is 3.00 bits per heavy atom. The maximum Gasteiger partial charge on any atom is 0.129 e. The monoisotopic (exact) mass is 328 g/mol. The van der Waals surface area contributed by atoms with Crippen molar-refractivity contribution in [1.82, 2.24) is 4.98 Å². The lowest BCUT2D eigenvalue weighted by Gasteiger charge is -2.37. The molecule has 5 nitrogen and oxygen atoms in total. The minimum absolute atomic E-state index is 0.176. The number of nitrogens with zero attached hydrogens (tertiary/aromatic N) is 2. The molecule has 0 amide bonds. The van der Waals surface area contributed by atoms with E-state index in [0.29, 0.717) is 19.3 Å². The molecule has 1 aromatic heterocycles.